The molecule has 0 aliphatic rings. The molecule has 98 valence electrons. The maximum atomic E-state index is 11.6. The third-order valence-electron chi connectivity index (χ3n) is 2.35. The Labute approximate surface area is 107 Å². The second kappa shape index (κ2) is 5.79. The summed E-state index contributed by atoms with van der Waals surface area (Å²) in [6.07, 6.45) is 2.80. The Balaban J connectivity index is 2.76. The summed E-state index contributed by atoms with van der Waals surface area (Å²) < 4.78 is 22.5. The topological polar surface area (TPSA) is 80.5 Å². The maximum Gasteiger partial charge on any atom is 0.241 e. The number of hydrogen-bond acceptors (Lipinski definition) is 4. The molecule has 0 aliphatic heterocycles. The highest BCUT2D eigenvalue weighted by atomic mass is 32.2. The molecule has 18 heavy (non-hydrogen) atoms. The second-order valence-corrected chi connectivity index (χ2v) is 5.94. The summed E-state index contributed by atoms with van der Waals surface area (Å²) in [6.45, 7) is 3.77. The minimum absolute atomic E-state index is 0.133. The van der Waals surface area contributed by atoms with Crippen molar-refractivity contribution in [3.05, 3.63) is 42.5 Å². The van der Waals surface area contributed by atoms with Crippen LogP contribution in [0, 0.1) is 0 Å². The lowest BCUT2D eigenvalue weighted by Gasteiger charge is -2.14. The Morgan fingerprint density at radius 2 is 1.94 bits per heavy atom. The van der Waals surface area contributed by atoms with Crippen molar-refractivity contribution in [3.8, 4) is 0 Å². The van der Waals surface area contributed by atoms with Gasteiger partial charge in [-0.15, -0.1) is 6.58 Å². The van der Waals surface area contributed by atoms with E-state index in [1.165, 1.54) is 18.2 Å². The van der Waals surface area contributed by atoms with Crippen LogP contribution in [-0.2, 0) is 21.1 Å². The summed E-state index contributed by atoms with van der Waals surface area (Å²) in [4.78, 5) is 11.9. The summed E-state index contributed by atoms with van der Waals surface area (Å²) in [7, 11) is -3.21. The van der Waals surface area contributed by atoms with Crippen LogP contribution in [0.25, 0.3) is 0 Å². The van der Waals surface area contributed by atoms with E-state index in [0.29, 0.717) is 5.56 Å². The summed E-state index contributed by atoms with van der Waals surface area (Å²) in [5.41, 5.74) is 0.715. The fourth-order valence-electron chi connectivity index (χ4n) is 1.37. The van der Waals surface area contributed by atoms with Gasteiger partial charge in [-0.25, -0.2) is 14.3 Å². The predicted molar refractivity (Wildman–Crippen MR) is 69.4 cm³/mol. The smallest absolute Gasteiger partial charge is 0.241 e. The molecule has 0 spiro atoms. The first kappa shape index (κ1) is 14.4. The van der Waals surface area contributed by atoms with Gasteiger partial charge in [0.15, 0.2) is 9.84 Å². The van der Waals surface area contributed by atoms with E-state index in [9.17, 15) is 13.2 Å². The zero-order chi connectivity index (χ0) is 13.8. The van der Waals surface area contributed by atoms with E-state index in [1.807, 2.05) is 0 Å². The lowest BCUT2D eigenvalue weighted by atomic mass is 10.1. The summed E-state index contributed by atoms with van der Waals surface area (Å²) >= 11 is 0. The lowest BCUT2D eigenvalue weighted by Crippen LogP contribution is -2.38. The number of sulfone groups is 1. The standard InChI is InChI=1S/C12H16N2O3S/c1-3-8-14(13)12(15)9-10-4-6-11(7-5-10)18(2,16)17/h3-7H,1,8-9,13H2,2H3. The van der Waals surface area contributed by atoms with Crippen LogP contribution in [0.4, 0.5) is 0 Å². The van der Waals surface area contributed by atoms with Crippen molar-refractivity contribution in [2.75, 3.05) is 12.8 Å². The highest BCUT2D eigenvalue weighted by Crippen LogP contribution is 2.11. The van der Waals surface area contributed by atoms with Gasteiger partial charge in [-0.2, -0.15) is 0 Å². The molecule has 1 aromatic carbocycles. The Kier molecular flexibility index (Phi) is 4.63. The molecule has 0 fully saturated rings. The molecule has 0 unspecified atom stereocenters. The van der Waals surface area contributed by atoms with Crippen LogP contribution in [0.3, 0.4) is 0 Å². The molecule has 0 aromatic heterocycles. The molecule has 0 atom stereocenters. The van der Waals surface area contributed by atoms with Gasteiger partial charge >= 0.3 is 0 Å². The zero-order valence-corrected chi connectivity index (χ0v) is 11.0. The molecule has 0 saturated heterocycles. The second-order valence-electron chi connectivity index (χ2n) is 3.93. The average molecular weight is 268 g/mol. The quantitative estimate of drug-likeness (QED) is 0.365. The molecule has 1 aromatic rings. The number of nitrogens with zero attached hydrogens (tertiary/aromatic N) is 1. The molecule has 0 heterocycles. The van der Waals surface area contributed by atoms with E-state index < -0.39 is 9.84 Å². The highest BCUT2D eigenvalue weighted by Gasteiger charge is 2.10. The average Bonchev–Trinajstić information content (AvgIpc) is 2.28. The fraction of sp³-hybridized carbons (Fsp3) is 0.250. The van der Waals surface area contributed by atoms with Gasteiger partial charge in [0.25, 0.3) is 0 Å². The van der Waals surface area contributed by atoms with Crippen LogP contribution in [-0.4, -0.2) is 32.1 Å². The summed E-state index contributed by atoms with van der Waals surface area (Å²) in [6, 6.07) is 6.17. The van der Waals surface area contributed by atoms with Crippen molar-refractivity contribution < 1.29 is 13.2 Å². The monoisotopic (exact) mass is 268 g/mol. The van der Waals surface area contributed by atoms with Gasteiger partial charge in [-0.3, -0.25) is 9.80 Å². The third-order valence-corrected chi connectivity index (χ3v) is 3.48. The number of carbonyl (C=O) groups is 1. The molecule has 0 aliphatic carbocycles. The SMILES string of the molecule is C=CCN(N)C(=O)Cc1ccc(S(C)(=O)=O)cc1. The van der Waals surface area contributed by atoms with Crippen molar-refractivity contribution in [1.29, 1.82) is 0 Å². The largest absolute Gasteiger partial charge is 0.277 e. The van der Waals surface area contributed by atoms with E-state index in [0.717, 1.165) is 11.3 Å². The van der Waals surface area contributed by atoms with Crippen molar-refractivity contribution in [2.45, 2.75) is 11.3 Å². The first-order valence-electron chi connectivity index (χ1n) is 5.29. The van der Waals surface area contributed by atoms with Crippen molar-refractivity contribution >= 4 is 15.7 Å². The van der Waals surface area contributed by atoms with Crippen LogP contribution in [0.1, 0.15) is 5.56 Å². The van der Waals surface area contributed by atoms with Crippen LogP contribution < -0.4 is 5.84 Å². The van der Waals surface area contributed by atoms with Crippen molar-refractivity contribution in [1.82, 2.24) is 5.01 Å². The first-order valence-corrected chi connectivity index (χ1v) is 7.18. The first-order chi connectivity index (χ1) is 8.34. The number of carbonyl (C=O) groups excluding carboxylic acids is 1. The van der Waals surface area contributed by atoms with Gasteiger partial charge in [-0.05, 0) is 17.7 Å². The maximum absolute atomic E-state index is 11.6. The fourth-order valence-corrected chi connectivity index (χ4v) is 2.00. The van der Waals surface area contributed by atoms with Gasteiger partial charge in [0.2, 0.25) is 5.91 Å². The number of benzene rings is 1. The van der Waals surface area contributed by atoms with Gasteiger partial charge < -0.3 is 0 Å². The molecule has 1 amide bonds. The Bertz CT molecular complexity index is 535. The molecule has 2 N–H and O–H groups in total. The molecule has 6 heteroatoms. The van der Waals surface area contributed by atoms with E-state index in [1.54, 1.807) is 12.1 Å². The van der Waals surface area contributed by atoms with E-state index in [-0.39, 0.29) is 23.8 Å². The van der Waals surface area contributed by atoms with Crippen molar-refractivity contribution in [2.24, 2.45) is 5.84 Å². The van der Waals surface area contributed by atoms with E-state index in [4.69, 9.17) is 5.84 Å². The molecule has 5 nitrogen and oxygen atoms in total. The Hall–Kier alpha value is -1.66. The normalized spacial score (nSPS) is 11.0. The minimum atomic E-state index is -3.21. The van der Waals surface area contributed by atoms with Crippen LogP contribution >= 0.6 is 0 Å². The molecule has 0 radical (unpaired) electrons. The van der Waals surface area contributed by atoms with E-state index >= 15 is 0 Å². The molecule has 0 saturated carbocycles. The van der Waals surface area contributed by atoms with Crippen LogP contribution in [0.5, 0.6) is 0 Å². The summed E-state index contributed by atoms with van der Waals surface area (Å²) in [5.74, 6) is 5.24. The minimum Gasteiger partial charge on any atom is -0.277 e. The number of rotatable bonds is 5. The van der Waals surface area contributed by atoms with Gasteiger partial charge in [0.05, 0.1) is 17.9 Å². The van der Waals surface area contributed by atoms with Gasteiger partial charge in [-0.1, -0.05) is 18.2 Å². The summed E-state index contributed by atoms with van der Waals surface area (Å²) in [5, 5.41) is 1.07. The number of hydrazine groups is 1. The van der Waals surface area contributed by atoms with E-state index in [2.05, 4.69) is 6.58 Å². The number of nitrogens with two attached hydrogens (primary N) is 1. The Morgan fingerprint density at radius 3 is 2.39 bits per heavy atom. The highest BCUT2D eigenvalue weighted by molar-refractivity contribution is 7.90. The molecular formula is C12H16N2O3S. The lowest BCUT2D eigenvalue weighted by molar-refractivity contribution is -0.130. The number of hydrogen-bond donors (Lipinski definition) is 1. The molecule has 0 bridgehead atoms. The molecule has 1 rings (SSSR count). The van der Waals surface area contributed by atoms with Crippen LogP contribution in [0.2, 0.25) is 0 Å². The molecular weight excluding hydrogens is 252 g/mol. The predicted octanol–water partition coefficient (Wildman–Crippen LogP) is 0.521. The number of amides is 1. The van der Waals surface area contributed by atoms with Crippen molar-refractivity contribution in [3.63, 3.8) is 0 Å². The Morgan fingerprint density at radius 1 is 1.39 bits per heavy atom. The van der Waals surface area contributed by atoms with Gasteiger partial charge in [0, 0.05) is 6.26 Å². The van der Waals surface area contributed by atoms with Gasteiger partial charge in [0.1, 0.15) is 0 Å². The van der Waals surface area contributed by atoms with Crippen LogP contribution in [0.15, 0.2) is 41.8 Å². The third kappa shape index (κ3) is 3.97. The zero-order valence-electron chi connectivity index (χ0n) is 10.2.